The number of nitrogens with one attached hydrogen (secondary N) is 1. The molecule has 2 aromatic carbocycles. The van der Waals surface area contributed by atoms with Crippen molar-refractivity contribution in [3.8, 4) is 28.4 Å². The minimum Gasteiger partial charge on any atom is -0.497 e. The highest BCUT2D eigenvalue weighted by Crippen LogP contribution is 2.33. The van der Waals surface area contributed by atoms with Gasteiger partial charge in [0.15, 0.2) is 0 Å². The van der Waals surface area contributed by atoms with Crippen LogP contribution in [0.15, 0.2) is 77.4 Å². The average molecular weight is 416 g/mol. The number of benzene rings is 2. The van der Waals surface area contributed by atoms with Gasteiger partial charge in [-0.05, 0) is 30.7 Å². The fraction of sp³-hybridized carbons (Fsp3) is 0.160. The van der Waals surface area contributed by atoms with E-state index in [-0.39, 0.29) is 5.91 Å². The number of rotatable bonds is 7. The predicted octanol–water partition coefficient (Wildman–Crippen LogP) is 4.99. The van der Waals surface area contributed by atoms with Gasteiger partial charge in [-0.25, -0.2) is 0 Å². The van der Waals surface area contributed by atoms with Gasteiger partial charge in [0.05, 0.1) is 44.0 Å². The number of nitrogens with zero attached hydrogens (tertiary/aromatic N) is 1. The van der Waals surface area contributed by atoms with Crippen molar-refractivity contribution in [2.75, 3.05) is 14.2 Å². The van der Waals surface area contributed by atoms with Crippen molar-refractivity contribution in [1.29, 1.82) is 0 Å². The highest BCUT2D eigenvalue weighted by atomic mass is 16.5. The summed E-state index contributed by atoms with van der Waals surface area (Å²) in [5, 5.41) is 2.94. The van der Waals surface area contributed by atoms with Crippen molar-refractivity contribution in [3.05, 3.63) is 90.0 Å². The number of aromatic nitrogens is 1. The van der Waals surface area contributed by atoms with Crippen LogP contribution in [0.3, 0.4) is 0 Å². The lowest BCUT2D eigenvalue weighted by Gasteiger charge is -2.15. The molecule has 0 atom stereocenters. The molecule has 0 spiro atoms. The molecule has 0 unspecified atom stereocenters. The maximum atomic E-state index is 13.0. The number of carbonyl (C=O) groups excluding carboxylic acids is 1. The molecule has 0 fully saturated rings. The largest absolute Gasteiger partial charge is 0.497 e. The smallest absolute Gasteiger partial charge is 0.253 e. The summed E-state index contributed by atoms with van der Waals surface area (Å²) in [7, 11) is 3.24. The van der Waals surface area contributed by atoms with Crippen molar-refractivity contribution in [2.24, 2.45) is 0 Å². The Morgan fingerprint density at radius 3 is 2.29 bits per heavy atom. The third-order valence-corrected chi connectivity index (χ3v) is 5.16. The van der Waals surface area contributed by atoms with Gasteiger partial charge < -0.3 is 23.8 Å². The zero-order chi connectivity index (χ0) is 21.8. The van der Waals surface area contributed by atoms with Crippen molar-refractivity contribution in [3.63, 3.8) is 0 Å². The number of ether oxygens (including phenoxy) is 2. The number of hydrogen-bond donors (Lipinski definition) is 1. The van der Waals surface area contributed by atoms with Crippen molar-refractivity contribution >= 4 is 5.91 Å². The quantitative estimate of drug-likeness (QED) is 0.461. The topological polar surface area (TPSA) is 65.6 Å². The predicted molar refractivity (Wildman–Crippen MR) is 119 cm³/mol. The Balaban J connectivity index is 1.81. The molecule has 0 bridgehead atoms. The van der Waals surface area contributed by atoms with Crippen LogP contribution in [0, 0.1) is 6.92 Å². The van der Waals surface area contributed by atoms with E-state index in [1.54, 1.807) is 26.5 Å². The summed E-state index contributed by atoms with van der Waals surface area (Å²) in [6.45, 7) is 2.25. The molecule has 0 radical (unpaired) electrons. The molecule has 1 N–H and O–H groups in total. The number of carbonyl (C=O) groups is 1. The van der Waals surface area contributed by atoms with E-state index in [4.69, 9.17) is 13.9 Å². The van der Waals surface area contributed by atoms with E-state index in [2.05, 4.69) is 5.32 Å². The van der Waals surface area contributed by atoms with Crippen LogP contribution >= 0.6 is 0 Å². The van der Waals surface area contributed by atoms with Crippen LogP contribution < -0.4 is 14.8 Å². The molecule has 0 saturated carbocycles. The molecule has 2 aromatic heterocycles. The Bertz CT molecular complexity index is 1160. The molecule has 0 aliphatic heterocycles. The summed E-state index contributed by atoms with van der Waals surface area (Å²) in [5.41, 5.74) is 4.14. The van der Waals surface area contributed by atoms with E-state index in [0.29, 0.717) is 29.4 Å². The summed E-state index contributed by atoms with van der Waals surface area (Å²) in [4.78, 5) is 13.0. The monoisotopic (exact) mass is 416 g/mol. The first-order valence-corrected chi connectivity index (χ1v) is 9.92. The van der Waals surface area contributed by atoms with Gasteiger partial charge in [-0.1, -0.05) is 30.3 Å². The van der Waals surface area contributed by atoms with Crippen LogP contribution in [0.25, 0.3) is 16.9 Å². The number of amides is 1. The van der Waals surface area contributed by atoms with Crippen molar-refractivity contribution in [1.82, 2.24) is 9.88 Å². The van der Waals surface area contributed by atoms with Gasteiger partial charge in [0.2, 0.25) is 0 Å². The zero-order valence-corrected chi connectivity index (χ0v) is 17.7. The van der Waals surface area contributed by atoms with Gasteiger partial charge in [0, 0.05) is 23.9 Å². The molecule has 1 amide bonds. The Labute approximate surface area is 181 Å². The lowest BCUT2D eigenvalue weighted by molar-refractivity contribution is 0.0947. The molecule has 4 aromatic rings. The normalized spacial score (nSPS) is 10.7. The lowest BCUT2D eigenvalue weighted by atomic mass is 10.1. The molecule has 6 nitrogen and oxygen atoms in total. The van der Waals surface area contributed by atoms with Crippen molar-refractivity contribution in [2.45, 2.75) is 13.5 Å². The molecule has 31 heavy (non-hydrogen) atoms. The van der Waals surface area contributed by atoms with Crippen LogP contribution in [-0.2, 0) is 6.54 Å². The lowest BCUT2D eigenvalue weighted by Crippen LogP contribution is -2.23. The molecular weight excluding hydrogens is 392 g/mol. The molecule has 4 rings (SSSR count). The minimum atomic E-state index is -0.167. The standard InChI is InChI=1S/C25H24N2O4/c1-17-23(25(28)26-16-20-10-7-11-31-20)15-24(18-8-5-4-6-9-18)27(17)19-12-21(29-2)14-22(13-19)30-3/h4-15H,16H2,1-3H3,(H,26,28). The van der Waals surface area contributed by atoms with Gasteiger partial charge in [-0.3, -0.25) is 4.79 Å². The molecule has 0 aliphatic rings. The molecule has 0 aliphatic carbocycles. The van der Waals surface area contributed by atoms with Gasteiger partial charge in [0.1, 0.15) is 17.3 Å². The van der Waals surface area contributed by atoms with Gasteiger partial charge in [-0.15, -0.1) is 0 Å². The fourth-order valence-corrected chi connectivity index (χ4v) is 3.59. The van der Waals surface area contributed by atoms with Gasteiger partial charge >= 0.3 is 0 Å². The number of furan rings is 1. The Kier molecular flexibility index (Phi) is 5.80. The van der Waals surface area contributed by atoms with E-state index in [1.807, 2.05) is 72.2 Å². The van der Waals surface area contributed by atoms with Gasteiger partial charge in [-0.2, -0.15) is 0 Å². The van der Waals surface area contributed by atoms with E-state index >= 15 is 0 Å². The van der Waals surface area contributed by atoms with E-state index < -0.39 is 0 Å². The Morgan fingerprint density at radius 2 is 1.68 bits per heavy atom. The summed E-state index contributed by atoms with van der Waals surface area (Å²) in [6.07, 6.45) is 1.59. The van der Waals surface area contributed by atoms with Crippen LogP contribution in [0.2, 0.25) is 0 Å². The summed E-state index contributed by atoms with van der Waals surface area (Å²) in [5.74, 6) is 1.88. The summed E-state index contributed by atoms with van der Waals surface area (Å²) >= 11 is 0. The Hall–Kier alpha value is -3.93. The average Bonchev–Trinajstić information content (AvgIpc) is 3.45. The molecule has 0 saturated heterocycles. The summed E-state index contributed by atoms with van der Waals surface area (Å²) in [6, 6.07) is 21.2. The highest BCUT2D eigenvalue weighted by molar-refractivity contribution is 5.97. The first-order chi connectivity index (χ1) is 15.1. The fourth-order valence-electron chi connectivity index (χ4n) is 3.59. The van der Waals surface area contributed by atoms with E-state index in [1.165, 1.54) is 0 Å². The molecule has 158 valence electrons. The molecule has 2 heterocycles. The van der Waals surface area contributed by atoms with Crippen molar-refractivity contribution < 1.29 is 18.7 Å². The van der Waals surface area contributed by atoms with Crippen LogP contribution in [0.1, 0.15) is 21.8 Å². The van der Waals surface area contributed by atoms with E-state index in [0.717, 1.165) is 22.6 Å². The van der Waals surface area contributed by atoms with E-state index in [9.17, 15) is 4.79 Å². The third kappa shape index (κ3) is 4.19. The first kappa shape index (κ1) is 20.3. The van der Waals surface area contributed by atoms with Crippen LogP contribution in [0.5, 0.6) is 11.5 Å². The minimum absolute atomic E-state index is 0.167. The maximum Gasteiger partial charge on any atom is 0.253 e. The second-order valence-electron chi connectivity index (χ2n) is 7.06. The molecular formula is C25H24N2O4. The van der Waals surface area contributed by atoms with Crippen LogP contribution in [0.4, 0.5) is 0 Å². The SMILES string of the molecule is COc1cc(OC)cc(-n2c(-c3ccccc3)cc(C(=O)NCc3ccco3)c2C)c1. The Morgan fingerprint density at radius 1 is 0.968 bits per heavy atom. The van der Waals surface area contributed by atoms with Gasteiger partial charge in [0.25, 0.3) is 5.91 Å². The third-order valence-electron chi connectivity index (χ3n) is 5.16. The summed E-state index contributed by atoms with van der Waals surface area (Å²) < 4.78 is 18.3. The zero-order valence-electron chi connectivity index (χ0n) is 17.7. The highest BCUT2D eigenvalue weighted by Gasteiger charge is 2.20. The van der Waals surface area contributed by atoms with Crippen LogP contribution in [-0.4, -0.2) is 24.7 Å². The second kappa shape index (κ2) is 8.83. The second-order valence-corrected chi connectivity index (χ2v) is 7.06. The first-order valence-electron chi connectivity index (χ1n) is 9.92. The maximum absolute atomic E-state index is 13.0. The molecule has 6 heteroatoms. The number of hydrogen-bond acceptors (Lipinski definition) is 4. The number of methoxy groups -OCH3 is 2.